The monoisotopic (exact) mass is 365 g/mol. The van der Waals surface area contributed by atoms with Crippen molar-refractivity contribution in [2.45, 2.75) is 13.3 Å². The summed E-state index contributed by atoms with van der Waals surface area (Å²) in [5, 5.41) is 10.4. The molecule has 0 bridgehead atoms. The average Bonchev–Trinajstić information content (AvgIpc) is 2.73. The zero-order valence-corrected chi connectivity index (χ0v) is 12.5. The van der Waals surface area contributed by atoms with Crippen LogP contribution < -0.4 is 5.06 Å². The maximum absolute atomic E-state index is 11.2. The summed E-state index contributed by atoms with van der Waals surface area (Å²) in [6.45, 7) is 1.34. The molecule has 0 aromatic heterocycles. The zero-order valence-electron chi connectivity index (χ0n) is 10.4. The Bertz CT molecular complexity index is 682. The van der Waals surface area contributed by atoms with Crippen molar-refractivity contribution in [3.8, 4) is 11.1 Å². The molecule has 0 fully saturated rings. The van der Waals surface area contributed by atoms with Crippen LogP contribution in [0.25, 0.3) is 11.1 Å². The maximum Gasteiger partial charge on any atom is 0.247 e. The molecule has 3 rings (SSSR count). The molecule has 0 aliphatic heterocycles. The van der Waals surface area contributed by atoms with E-state index >= 15 is 0 Å². The number of carbonyl (C=O) groups excluding carboxylic acids is 1. The van der Waals surface area contributed by atoms with Gasteiger partial charge in [0, 0.05) is 10.5 Å². The molecular weight excluding hydrogens is 353 g/mol. The summed E-state index contributed by atoms with van der Waals surface area (Å²) in [5.41, 5.74) is 5.40. The number of nitrogens with zero attached hydrogens (tertiary/aromatic N) is 1. The van der Waals surface area contributed by atoms with Crippen LogP contribution in [0, 0.1) is 3.57 Å². The summed E-state index contributed by atoms with van der Waals surface area (Å²) in [7, 11) is 0. The molecule has 2 aromatic carbocycles. The number of hydroxylamine groups is 1. The lowest BCUT2D eigenvalue weighted by atomic mass is 10.1. The third kappa shape index (κ3) is 2.15. The molecule has 2 aromatic rings. The first-order valence-electron chi connectivity index (χ1n) is 5.97. The lowest BCUT2D eigenvalue weighted by Crippen LogP contribution is -2.23. The maximum atomic E-state index is 11.2. The Morgan fingerprint density at radius 1 is 1.16 bits per heavy atom. The molecule has 4 heteroatoms. The van der Waals surface area contributed by atoms with E-state index < -0.39 is 0 Å². The Labute approximate surface area is 125 Å². The van der Waals surface area contributed by atoms with Gasteiger partial charge in [0.15, 0.2) is 0 Å². The van der Waals surface area contributed by atoms with Gasteiger partial charge in [0.05, 0.1) is 5.69 Å². The second-order valence-corrected chi connectivity index (χ2v) is 5.90. The summed E-state index contributed by atoms with van der Waals surface area (Å²) in [4.78, 5) is 11.2. The fourth-order valence-electron chi connectivity index (χ4n) is 2.48. The summed E-state index contributed by atoms with van der Waals surface area (Å²) >= 11 is 2.31. The van der Waals surface area contributed by atoms with Crippen molar-refractivity contribution in [3.63, 3.8) is 0 Å². The predicted molar refractivity (Wildman–Crippen MR) is 82.3 cm³/mol. The standard InChI is InChI=1S/C15H12INO2/c1-9(18)17(19)13-3-5-15-11(8-13)6-10-7-12(16)2-4-14(10)15/h2-5,7-8,19H,6H2,1H3. The molecule has 0 spiro atoms. The highest BCUT2D eigenvalue weighted by molar-refractivity contribution is 14.1. The minimum atomic E-state index is -0.384. The number of halogens is 1. The first-order chi connectivity index (χ1) is 9.06. The molecule has 1 aliphatic rings. The Kier molecular flexibility index (Phi) is 3.06. The minimum Gasteiger partial charge on any atom is -0.281 e. The fourth-order valence-corrected chi connectivity index (χ4v) is 3.03. The van der Waals surface area contributed by atoms with E-state index in [1.807, 2.05) is 12.1 Å². The smallest absolute Gasteiger partial charge is 0.247 e. The van der Waals surface area contributed by atoms with Crippen LogP contribution in [0.15, 0.2) is 36.4 Å². The highest BCUT2D eigenvalue weighted by Crippen LogP contribution is 2.38. The van der Waals surface area contributed by atoms with E-state index in [4.69, 9.17) is 0 Å². The van der Waals surface area contributed by atoms with E-state index in [-0.39, 0.29) is 5.91 Å². The molecule has 1 aliphatic carbocycles. The number of amides is 1. The lowest BCUT2D eigenvalue weighted by Gasteiger charge is -2.13. The van der Waals surface area contributed by atoms with E-state index in [1.165, 1.54) is 27.2 Å². The fraction of sp³-hybridized carbons (Fsp3) is 0.133. The number of rotatable bonds is 1. The topological polar surface area (TPSA) is 40.5 Å². The van der Waals surface area contributed by atoms with Crippen LogP contribution in [0.3, 0.4) is 0 Å². The zero-order chi connectivity index (χ0) is 13.6. The van der Waals surface area contributed by atoms with E-state index in [9.17, 15) is 10.0 Å². The molecule has 0 heterocycles. The first-order valence-corrected chi connectivity index (χ1v) is 7.05. The molecule has 0 atom stereocenters. The highest BCUT2D eigenvalue weighted by Gasteiger charge is 2.20. The van der Waals surface area contributed by atoms with E-state index in [0.29, 0.717) is 10.8 Å². The number of carbonyl (C=O) groups is 1. The number of hydrogen-bond acceptors (Lipinski definition) is 2. The van der Waals surface area contributed by atoms with Gasteiger partial charge in [-0.2, -0.15) is 5.06 Å². The summed E-state index contributed by atoms with van der Waals surface area (Å²) in [6, 6.07) is 12.0. The molecule has 0 radical (unpaired) electrons. The van der Waals surface area contributed by atoms with Gasteiger partial charge < -0.3 is 0 Å². The second kappa shape index (κ2) is 4.61. The van der Waals surface area contributed by atoms with Crippen molar-refractivity contribution in [1.82, 2.24) is 0 Å². The summed E-state index contributed by atoms with van der Waals surface area (Å²) in [6.07, 6.45) is 0.848. The minimum absolute atomic E-state index is 0.384. The van der Waals surface area contributed by atoms with Gasteiger partial charge in [-0.15, -0.1) is 0 Å². The van der Waals surface area contributed by atoms with E-state index in [1.54, 1.807) is 6.07 Å². The van der Waals surface area contributed by atoms with Gasteiger partial charge in [-0.1, -0.05) is 12.1 Å². The number of fused-ring (bicyclic) bond motifs is 3. The number of anilines is 1. The molecule has 0 saturated carbocycles. The van der Waals surface area contributed by atoms with Crippen molar-refractivity contribution in [1.29, 1.82) is 0 Å². The van der Waals surface area contributed by atoms with Crippen LogP contribution in [-0.4, -0.2) is 11.1 Å². The second-order valence-electron chi connectivity index (χ2n) is 4.65. The Hall–Kier alpha value is -1.40. The molecule has 1 amide bonds. The van der Waals surface area contributed by atoms with Gasteiger partial charge in [-0.05, 0) is 75.5 Å². The normalized spacial score (nSPS) is 11.9. The van der Waals surface area contributed by atoms with E-state index in [2.05, 4.69) is 40.8 Å². The SMILES string of the molecule is CC(=O)N(O)c1ccc2c(c1)Cc1cc(I)ccc1-2. The van der Waals surface area contributed by atoms with E-state index in [0.717, 1.165) is 12.0 Å². The van der Waals surface area contributed by atoms with Crippen LogP contribution in [0.5, 0.6) is 0 Å². The molecule has 96 valence electrons. The molecular formula is C15H12INO2. The van der Waals surface area contributed by atoms with Crippen molar-refractivity contribution in [3.05, 3.63) is 51.1 Å². The summed E-state index contributed by atoms with van der Waals surface area (Å²) < 4.78 is 1.22. The molecule has 3 nitrogen and oxygen atoms in total. The molecule has 0 unspecified atom stereocenters. The van der Waals surface area contributed by atoms with Crippen LogP contribution in [0.4, 0.5) is 5.69 Å². The van der Waals surface area contributed by atoms with Gasteiger partial charge >= 0.3 is 0 Å². The Morgan fingerprint density at radius 2 is 1.79 bits per heavy atom. The average molecular weight is 365 g/mol. The van der Waals surface area contributed by atoms with Crippen LogP contribution >= 0.6 is 22.6 Å². The third-order valence-electron chi connectivity index (χ3n) is 3.37. The van der Waals surface area contributed by atoms with Gasteiger partial charge in [0.1, 0.15) is 0 Å². The molecule has 1 N–H and O–H groups in total. The quantitative estimate of drug-likeness (QED) is 0.407. The van der Waals surface area contributed by atoms with Gasteiger partial charge in [-0.3, -0.25) is 10.0 Å². The Balaban J connectivity index is 2.05. The molecule has 0 saturated heterocycles. The van der Waals surface area contributed by atoms with Gasteiger partial charge in [-0.25, -0.2) is 0 Å². The van der Waals surface area contributed by atoms with Crippen molar-refractivity contribution >= 4 is 34.2 Å². The summed E-state index contributed by atoms with van der Waals surface area (Å²) in [5.74, 6) is -0.384. The van der Waals surface area contributed by atoms with Crippen molar-refractivity contribution < 1.29 is 10.0 Å². The predicted octanol–water partition coefficient (Wildman–Crippen LogP) is 3.60. The molecule has 19 heavy (non-hydrogen) atoms. The van der Waals surface area contributed by atoms with Crippen LogP contribution in [-0.2, 0) is 11.2 Å². The largest absolute Gasteiger partial charge is 0.281 e. The van der Waals surface area contributed by atoms with Crippen molar-refractivity contribution in [2.24, 2.45) is 0 Å². The first kappa shape index (κ1) is 12.6. The van der Waals surface area contributed by atoms with Gasteiger partial charge in [0.2, 0.25) is 5.91 Å². The highest BCUT2D eigenvalue weighted by atomic mass is 127. The van der Waals surface area contributed by atoms with Crippen LogP contribution in [0.2, 0.25) is 0 Å². The number of hydrogen-bond donors (Lipinski definition) is 1. The van der Waals surface area contributed by atoms with Gasteiger partial charge in [0.25, 0.3) is 0 Å². The lowest BCUT2D eigenvalue weighted by molar-refractivity contribution is -0.121. The Morgan fingerprint density at radius 3 is 2.47 bits per heavy atom. The number of benzene rings is 2. The van der Waals surface area contributed by atoms with Crippen LogP contribution in [0.1, 0.15) is 18.1 Å². The van der Waals surface area contributed by atoms with Crippen molar-refractivity contribution in [2.75, 3.05) is 5.06 Å². The third-order valence-corrected chi connectivity index (χ3v) is 4.04.